The first-order valence-corrected chi connectivity index (χ1v) is 5.14. The van der Waals surface area contributed by atoms with Gasteiger partial charge in [0, 0.05) is 12.2 Å². The van der Waals surface area contributed by atoms with Gasteiger partial charge in [-0.25, -0.2) is 9.18 Å². The van der Waals surface area contributed by atoms with E-state index in [2.05, 4.69) is 5.32 Å². The number of nitrogens with one attached hydrogen (secondary N) is 1. The lowest BCUT2D eigenvalue weighted by Crippen LogP contribution is -2.19. The minimum absolute atomic E-state index is 0.112. The van der Waals surface area contributed by atoms with Crippen molar-refractivity contribution >= 4 is 17.6 Å². The molecule has 0 heterocycles. The normalized spacial score (nSPS) is 10.1. The van der Waals surface area contributed by atoms with Crippen LogP contribution < -0.4 is 11.1 Å². The number of nitrogens with two attached hydrogens (primary N) is 1. The monoisotopic (exact) mass is 256 g/mol. The molecule has 1 aromatic carbocycles. The minimum atomic E-state index is -1.07. The van der Waals surface area contributed by atoms with Gasteiger partial charge in [-0.3, -0.25) is 4.79 Å². The number of anilines is 1. The Hall–Kier alpha value is -2.15. The number of carboxylic acid groups (broad SMARTS) is 1. The summed E-state index contributed by atoms with van der Waals surface area (Å²) in [7, 11) is 0. The topological polar surface area (TPSA) is 102 Å². The summed E-state index contributed by atoms with van der Waals surface area (Å²) in [5, 5.41) is 11.1. The third-order valence-corrected chi connectivity index (χ3v) is 2.05. The molecule has 0 aliphatic carbocycles. The lowest BCUT2D eigenvalue weighted by atomic mass is 10.1. The number of ether oxygens (including phenoxy) is 1. The van der Waals surface area contributed by atoms with E-state index in [9.17, 15) is 14.0 Å². The third-order valence-electron chi connectivity index (χ3n) is 2.05. The van der Waals surface area contributed by atoms with Crippen LogP contribution in [0.5, 0.6) is 0 Å². The number of carboxylic acids is 1. The van der Waals surface area contributed by atoms with Gasteiger partial charge in [0.15, 0.2) is 0 Å². The van der Waals surface area contributed by atoms with E-state index in [1.165, 1.54) is 12.1 Å². The largest absolute Gasteiger partial charge is 0.480 e. The Morgan fingerprint density at radius 2 is 2.17 bits per heavy atom. The summed E-state index contributed by atoms with van der Waals surface area (Å²) in [6.07, 6.45) is 0. The standard InChI is InChI=1S/C11H13FN2O4/c12-7-2-1-3-8(10(7)11(13)17)14-4-5-18-6-9(15)16/h1-3,14H,4-6H2,(H2,13,17)(H,15,16). The highest BCUT2D eigenvalue weighted by Crippen LogP contribution is 2.17. The summed E-state index contributed by atoms with van der Waals surface area (Å²) in [6.45, 7) is -0.0640. The molecule has 0 bridgehead atoms. The van der Waals surface area contributed by atoms with Crippen LogP contribution in [0.25, 0.3) is 0 Å². The van der Waals surface area contributed by atoms with Gasteiger partial charge in [-0.1, -0.05) is 6.07 Å². The van der Waals surface area contributed by atoms with E-state index < -0.39 is 24.3 Å². The van der Waals surface area contributed by atoms with Gasteiger partial charge in [-0.05, 0) is 12.1 Å². The molecule has 0 unspecified atom stereocenters. The van der Waals surface area contributed by atoms with Crippen molar-refractivity contribution in [1.29, 1.82) is 0 Å². The Kier molecular flexibility index (Phi) is 5.06. The average Bonchev–Trinajstić information content (AvgIpc) is 2.27. The first-order chi connectivity index (χ1) is 8.52. The molecule has 98 valence electrons. The van der Waals surface area contributed by atoms with Crippen molar-refractivity contribution in [1.82, 2.24) is 0 Å². The lowest BCUT2D eigenvalue weighted by Gasteiger charge is -2.10. The second kappa shape index (κ2) is 6.55. The zero-order chi connectivity index (χ0) is 13.5. The zero-order valence-electron chi connectivity index (χ0n) is 9.48. The van der Waals surface area contributed by atoms with Crippen molar-refractivity contribution in [3.8, 4) is 0 Å². The predicted octanol–water partition coefficient (Wildman–Crippen LogP) is 0.438. The van der Waals surface area contributed by atoms with Crippen LogP contribution in [0.1, 0.15) is 10.4 Å². The predicted molar refractivity (Wildman–Crippen MR) is 61.9 cm³/mol. The summed E-state index contributed by atoms with van der Waals surface area (Å²) in [5.74, 6) is -2.65. The summed E-state index contributed by atoms with van der Waals surface area (Å²) in [5.41, 5.74) is 5.08. The van der Waals surface area contributed by atoms with Crippen LogP contribution in [0.3, 0.4) is 0 Å². The van der Waals surface area contributed by atoms with Crippen LogP contribution in [0, 0.1) is 5.82 Å². The fourth-order valence-electron chi connectivity index (χ4n) is 1.34. The van der Waals surface area contributed by atoms with Crippen LogP contribution in [0.15, 0.2) is 18.2 Å². The van der Waals surface area contributed by atoms with Crippen molar-refractivity contribution in [3.63, 3.8) is 0 Å². The maximum Gasteiger partial charge on any atom is 0.329 e. The Morgan fingerprint density at radius 1 is 1.44 bits per heavy atom. The molecule has 0 aliphatic rings. The van der Waals surface area contributed by atoms with E-state index in [4.69, 9.17) is 15.6 Å². The molecule has 0 fully saturated rings. The Balaban J connectivity index is 2.54. The molecule has 7 heteroatoms. The second-order valence-electron chi connectivity index (χ2n) is 3.40. The fraction of sp³-hybridized carbons (Fsp3) is 0.273. The molecule has 0 saturated carbocycles. The van der Waals surface area contributed by atoms with Gasteiger partial charge in [0.2, 0.25) is 0 Å². The summed E-state index contributed by atoms with van der Waals surface area (Å²) in [4.78, 5) is 21.2. The zero-order valence-corrected chi connectivity index (χ0v) is 9.48. The summed E-state index contributed by atoms with van der Waals surface area (Å²) in [6, 6.07) is 4.06. The number of amides is 1. The van der Waals surface area contributed by atoms with Gasteiger partial charge in [0.25, 0.3) is 5.91 Å². The highest BCUT2D eigenvalue weighted by molar-refractivity contribution is 5.98. The summed E-state index contributed by atoms with van der Waals surface area (Å²) >= 11 is 0. The number of primary amides is 1. The van der Waals surface area contributed by atoms with Crippen molar-refractivity contribution in [2.75, 3.05) is 25.1 Å². The van der Waals surface area contributed by atoms with Gasteiger partial charge in [0.1, 0.15) is 12.4 Å². The van der Waals surface area contributed by atoms with Crippen molar-refractivity contribution < 1.29 is 23.8 Å². The quantitative estimate of drug-likeness (QED) is 0.614. The van der Waals surface area contributed by atoms with Crippen molar-refractivity contribution in [2.45, 2.75) is 0 Å². The first kappa shape index (κ1) is 13.9. The van der Waals surface area contributed by atoms with E-state index >= 15 is 0 Å². The molecule has 4 N–H and O–H groups in total. The van der Waals surface area contributed by atoms with Gasteiger partial charge in [-0.15, -0.1) is 0 Å². The Labute approximate surface area is 103 Å². The molecule has 0 radical (unpaired) electrons. The number of hydrogen-bond acceptors (Lipinski definition) is 4. The van der Waals surface area contributed by atoms with Gasteiger partial charge >= 0.3 is 5.97 Å². The maximum atomic E-state index is 13.3. The number of benzene rings is 1. The number of hydrogen-bond donors (Lipinski definition) is 3. The van der Waals surface area contributed by atoms with Crippen LogP contribution in [-0.4, -0.2) is 36.7 Å². The molecule has 18 heavy (non-hydrogen) atoms. The molecular formula is C11H13FN2O4. The van der Waals surface area contributed by atoms with Gasteiger partial charge in [0.05, 0.1) is 12.2 Å². The molecule has 0 aliphatic heterocycles. The number of rotatable bonds is 7. The minimum Gasteiger partial charge on any atom is -0.480 e. The average molecular weight is 256 g/mol. The number of carbonyl (C=O) groups is 2. The highest BCUT2D eigenvalue weighted by atomic mass is 19.1. The van der Waals surface area contributed by atoms with Gasteiger partial charge < -0.3 is 20.9 Å². The molecule has 0 saturated heterocycles. The highest BCUT2D eigenvalue weighted by Gasteiger charge is 2.13. The van der Waals surface area contributed by atoms with E-state index in [1.807, 2.05) is 0 Å². The smallest absolute Gasteiger partial charge is 0.329 e. The van der Waals surface area contributed by atoms with E-state index in [0.29, 0.717) is 0 Å². The van der Waals surface area contributed by atoms with Crippen LogP contribution >= 0.6 is 0 Å². The third kappa shape index (κ3) is 4.02. The summed E-state index contributed by atoms with van der Waals surface area (Å²) < 4.78 is 18.1. The molecule has 1 rings (SSSR count). The SMILES string of the molecule is NC(=O)c1c(F)cccc1NCCOCC(=O)O. The molecule has 0 atom stereocenters. The van der Waals surface area contributed by atoms with Crippen LogP contribution in [-0.2, 0) is 9.53 Å². The van der Waals surface area contributed by atoms with E-state index in [-0.39, 0.29) is 24.4 Å². The lowest BCUT2D eigenvalue weighted by molar-refractivity contribution is -0.142. The fourth-order valence-corrected chi connectivity index (χ4v) is 1.34. The number of halogens is 1. The molecular weight excluding hydrogens is 243 g/mol. The number of carbonyl (C=O) groups excluding carboxylic acids is 1. The van der Waals surface area contributed by atoms with Gasteiger partial charge in [-0.2, -0.15) is 0 Å². The molecule has 0 aromatic heterocycles. The van der Waals surface area contributed by atoms with E-state index in [0.717, 1.165) is 6.07 Å². The number of aliphatic carboxylic acids is 1. The van der Waals surface area contributed by atoms with Crippen LogP contribution in [0.2, 0.25) is 0 Å². The van der Waals surface area contributed by atoms with Crippen molar-refractivity contribution in [2.24, 2.45) is 5.73 Å². The van der Waals surface area contributed by atoms with Crippen molar-refractivity contribution in [3.05, 3.63) is 29.6 Å². The Bertz CT molecular complexity index is 451. The maximum absolute atomic E-state index is 13.3. The van der Waals surface area contributed by atoms with E-state index in [1.54, 1.807) is 0 Å². The molecule has 1 amide bonds. The Morgan fingerprint density at radius 3 is 2.78 bits per heavy atom. The van der Waals surface area contributed by atoms with Crippen LogP contribution in [0.4, 0.5) is 10.1 Å². The molecule has 1 aromatic rings. The first-order valence-electron chi connectivity index (χ1n) is 5.14. The second-order valence-corrected chi connectivity index (χ2v) is 3.40. The molecule has 0 spiro atoms. The molecule has 6 nitrogen and oxygen atoms in total.